The quantitative estimate of drug-likeness (QED) is 0.234. The van der Waals surface area contributed by atoms with Crippen LogP contribution in [0.25, 0.3) is 10.8 Å². The zero-order valence-corrected chi connectivity index (χ0v) is 20.1. The largest absolute Gasteiger partial charge is 0.491 e. The smallest absolute Gasteiger partial charge is 0.226 e. The second kappa shape index (κ2) is 11.7. The lowest BCUT2D eigenvalue weighted by Crippen LogP contribution is -2.38. The fraction of sp³-hybridized carbons (Fsp3) is 0.286. The number of allylic oxidation sites excluding steroid dienone is 1. The zero-order valence-electron chi connectivity index (χ0n) is 19.3. The van der Waals surface area contributed by atoms with E-state index in [1.54, 1.807) is 0 Å². The van der Waals surface area contributed by atoms with E-state index in [1.165, 1.54) is 5.56 Å². The number of amides is 1. The number of nitrogens with two attached hydrogens (primary N) is 1. The van der Waals surface area contributed by atoms with Crippen LogP contribution in [-0.4, -0.2) is 35.8 Å². The van der Waals surface area contributed by atoms with Crippen molar-refractivity contribution < 1.29 is 9.53 Å². The highest BCUT2D eigenvalue weighted by atomic mass is 35.5. The van der Waals surface area contributed by atoms with Gasteiger partial charge < -0.3 is 15.4 Å². The van der Waals surface area contributed by atoms with Gasteiger partial charge >= 0.3 is 0 Å². The number of hydrogen-bond donors (Lipinski definition) is 2. The highest BCUT2D eigenvalue weighted by Gasteiger charge is 2.38. The summed E-state index contributed by atoms with van der Waals surface area (Å²) < 4.78 is 6.16. The van der Waals surface area contributed by atoms with Gasteiger partial charge in [-0.1, -0.05) is 54.6 Å². The normalized spacial score (nSPS) is 17.4. The molecule has 3 N–H and O–H groups in total. The molecule has 1 heterocycles. The zero-order chi connectivity index (χ0) is 23.2. The van der Waals surface area contributed by atoms with E-state index in [9.17, 15) is 4.79 Å². The molecule has 0 unspecified atom stereocenters. The highest BCUT2D eigenvalue weighted by molar-refractivity contribution is 5.99. The molecule has 34 heavy (non-hydrogen) atoms. The van der Waals surface area contributed by atoms with Gasteiger partial charge in [0.05, 0.1) is 6.04 Å². The van der Waals surface area contributed by atoms with Crippen molar-refractivity contribution in [1.29, 1.82) is 5.41 Å². The average Bonchev–Trinajstić information content (AvgIpc) is 3.12. The molecule has 1 aliphatic rings. The lowest BCUT2D eigenvalue weighted by atomic mass is 10.0. The molecule has 0 aliphatic carbocycles. The fourth-order valence-corrected chi connectivity index (χ4v) is 4.59. The highest BCUT2D eigenvalue weighted by Crippen LogP contribution is 2.29. The molecule has 6 heteroatoms. The molecular weight excluding hydrogens is 446 g/mol. The summed E-state index contributed by atoms with van der Waals surface area (Å²) in [7, 11) is 0. The maximum Gasteiger partial charge on any atom is 0.226 e. The molecule has 0 spiro atoms. The molecule has 1 aliphatic heterocycles. The van der Waals surface area contributed by atoms with Crippen LogP contribution in [0.2, 0.25) is 0 Å². The number of amidine groups is 1. The van der Waals surface area contributed by atoms with E-state index >= 15 is 0 Å². The maximum atomic E-state index is 13.0. The lowest BCUT2D eigenvalue weighted by molar-refractivity contribution is -0.132. The van der Waals surface area contributed by atoms with Gasteiger partial charge in [0.25, 0.3) is 0 Å². The number of nitrogens with one attached hydrogen (secondary N) is 1. The van der Waals surface area contributed by atoms with Crippen LogP contribution in [0, 0.1) is 11.3 Å². The number of halogens is 1. The summed E-state index contributed by atoms with van der Waals surface area (Å²) in [6.07, 6.45) is 5.23. The number of carbonyl (C=O) groups excluding carboxylic acids is 1. The number of hydrogen-bond acceptors (Lipinski definition) is 3. The number of likely N-dealkylation sites (tertiary alicyclic amines) is 1. The molecule has 3 aromatic rings. The molecule has 0 bridgehead atoms. The molecule has 3 aromatic carbocycles. The van der Waals surface area contributed by atoms with Gasteiger partial charge in [-0.25, -0.2) is 0 Å². The number of rotatable bonds is 10. The molecule has 2 atom stereocenters. The van der Waals surface area contributed by atoms with Crippen LogP contribution >= 0.6 is 12.4 Å². The van der Waals surface area contributed by atoms with E-state index in [1.807, 2.05) is 53.4 Å². The van der Waals surface area contributed by atoms with E-state index in [-0.39, 0.29) is 36.1 Å². The SMILES string of the molecule is C=CC[C@@H]1C[C@@H](COc2ccc3cc(C(=N)N)ccc3c2)N(CCCc2ccccc2)C1=O.Cl. The third kappa shape index (κ3) is 5.97. The molecular formula is C28H32ClN3O2. The van der Waals surface area contributed by atoms with Crippen LogP contribution in [0.15, 0.2) is 79.4 Å². The van der Waals surface area contributed by atoms with Gasteiger partial charge in [-0.2, -0.15) is 0 Å². The van der Waals surface area contributed by atoms with Gasteiger partial charge in [-0.15, -0.1) is 19.0 Å². The first-order valence-corrected chi connectivity index (χ1v) is 11.5. The Morgan fingerprint density at radius 3 is 2.59 bits per heavy atom. The standard InChI is InChI=1S/C28H31N3O2.ClH/c1-2-7-24-17-25(31(28(24)32)15-6-10-20-8-4-3-5-9-20)19-33-26-14-13-21-16-23(27(29)30)12-11-22(21)18-26;/h2-5,8-9,11-14,16,18,24-25H,1,6-7,10,15,17,19H2,(H3,29,30);1H/t24-,25+;/m1./s1. The number of nitrogen functional groups attached to an aromatic ring is 1. The summed E-state index contributed by atoms with van der Waals surface area (Å²) in [5, 5.41) is 9.65. The van der Waals surface area contributed by atoms with E-state index in [2.05, 4.69) is 30.8 Å². The minimum absolute atomic E-state index is 0. The Labute approximate surface area is 207 Å². The second-order valence-electron chi connectivity index (χ2n) is 8.68. The Morgan fingerprint density at radius 2 is 1.85 bits per heavy atom. The Kier molecular flexibility index (Phi) is 8.72. The minimum atomic E-state index is -0.00516. The van der Waals surface area contributed by atoms with Gasteiger partial charge in [0.2, 0.25) is 5.91 Å². The van der Waals surface area contributed by atoms with Crippen LogP contribution in [0.5, 0.6) is 5.75 Å². The first-order valence-electron chi connectivity index (χ1n) is 11.5. The van der Waals surface area contributed by atoms with Crippen LogP contribution in [-0.2, 0) is 11.2 Å². The van der Waals surface area contributed by atoms with Crippen molar-refractivity contribution in [1.82, 2.24) is 4.90 Å². The van der Waals surface area contributed by atoms with Gasteiger partial charge in [-0.3, -0.25) is 10.2 Å². The third-order valence-corrected chi connectivity index (χ3v) is 6.35. The van der Waals surface area contributed by atoms with Gasteiger partial charge in [0.15, 0.2) is 0 Å². The molecule has 1 fully saturated rings. The predicted molar refractivity (Wildman–Crippen MR) is 141 cm³/mol. The number of benzene rings is 3. The Bertz CT molecular complexity index is 1150. The number of nitrogens with zero attached hydrogens (tertiary/aromatic N) is 1. The molecule has 4 rings (SSSR count). The van der Waals surface area contributed by atoms with Crippen LogP contribution < -0.4 is 10.5 Å². The summed E-state index contributed by atoms with van der Waals surface area (Å²) in [5.74, 6) is 1.05. The second-order valence-corrected chi connectivity index (χ2v) is 8.68. The summed E-state index contributed by atoms with van der Waals surface area (Å²) in [6.45, 7) is 5.04. The van der Waals surface area contributed by atoms with E-state index in [0.717, 1.165) is 42.3 Å². The molecule has 1 saturated heterocycles. The number of fused-ring (bicyclic) bond motifs is 1. The molecule has 0 saturated carbocycles. The average molecular weight is 478 g/mol. The van der Waals surface area contributed by atoms with Gasteiger partial charge in [-0.05, 0) is 60.2 Å². The van der Waals surface area contributed by atoms with Gasteiger partial charge in [0, 0.05) is 18.0 Å². The first kappa shape index (κ1) is 25.3. The van der Waals surface area contributed by atoms with Crippen molar-refractivity contribution in [2.24, 2.45) is 11.7 Å². The summed E-state index contributed by atoms with van der Waals surface area (Å²) in [4.78, 5) is 15.0. The number of aryl methyl sites for hydroxylation is 1. The number of ether oxygens (including phenoxy) is 1. The monoisotopic (exact) mass is 477 g/mol. The van der Waals surface area contributed by atoms with Crippen molar-refractivity contribution in [3.63, 3.8) is 0 Å². The van der Waals surface area contributed by atoms with E-state index in [0.29, 0.717) is 18.6 Å². The van der Waals surface area contributed by atoms with E-state index in [4.69, 9.17) is 15.9 Å². The third-order valence-electron chi connectivity index (χ3n) is 6.35. The van der Waals surface area contributed by atoms with Gasteiger partial charge in [0.1, 0.15) is 18.2 Å². The first-order chi connectivity index (χ1) is 16.0. The summed E-state index contributed by atoms with van der Waals surface area (Å²) >= 11 is 0. The molecule has 178 valence electrons. The Morgan fingerprint density at radius 1 is 1.12 bits per heavy atom. The van der Waals surface area contributed by atoms with Crippen LogP contribution in [0.4, 0.5) is 0 Å². The minimum Gasteiger partial charge on any atom is -0.491 e. The summed E-state index contributed by atoms with van der Waals surface area (Å²) in [5.41, 5.74) is 7.60. The summed E-state index contributed by atoms with van der Waals surface area (Å²) in [6, 6.07) is 22.1. The van der Waals surface area contributed by atoms with E-state index < -0.39 is 0 Å². The van der Waals surface area contributed by atoms with Crippen molar-refractivity contribution in [3.05, 3.63) is 90.5 Å². The van der Waals surface area contributed by atoms with Crippen molar-refractivity contribution in [3.8, 4) is 5.75 Å². The van der Waals surface area contributed by atoms with Crippen molar-refractivity contribution in [2.45, 2.75) is 31.7 Å². The van der Waals surface area contributed by atoms with Crippen LogP contribution in [0.1, 0.15) is 30.4 Å². The molecule has 5 nitrogen and oxygen atoms in total. The van der Waals surface area contributed by atoms with Crippen LogP contribution in [0.3, 0.4) is 0 Å². The lowest BCUT2D eigenvalue weighted by Gasteiger charge is -2.25. The van der Waals surface area contributed by atoms with Crippen molar-refractivity contribution in [2.75, 3.05) is 13.2 Å². The Hall–Kier alpha value is -3.31. The molecule has 1 amide bonds. The van der Waals surface area contributed by atoms with Crippen molar-refractivity contribution >= 4 is 34.9 Å². The Balaban J connectivity index is 0.00000324. The topological polar surface area (TPSA) is 79.4 Å². The maximum absolute atomic E-state index is 13.0. The molecule has 0 aromatic heterocycles. The fourth-order valence-electron chi connectivity index (χ4n) is 4.59. The molecule has 0 radical (unpaired) electrons. The predicted octanol–water partition coefficient (Wildman–Crippen LogP) is 5.35. The number of carbonyl (C=O) groups is 1.